The molecule has 1 aromatic heterocycles. The first kappa shape index (κ1) is 22.7. The first-order chi connectivity index (χ1) is 15.9. The van der Waals surface area contributed by atoms with E-state index in [1.165, 1.54) is 0 Å². The van der Waals surface area contributed by atoms with Gasteiger partial charge in [-0.05, 0) is 24.3 Å². The maximum absolute atomic E-state index is 12.3. The molecule has 2 aromatic carbocycles. The molecule has 2 heterocycles. The van der Waals surface area contributed by atoms with Gasteiger partial charge in [-0.15, -0.1) is 0 Å². The Morgan fingerprint density at radius 3 is 2.52 bits per heavy atom. The van der Waals surface area contributed by atoms with Crippen LogP contribution in [0.4, 0.5) is 11.4 Å². The van der Waals surface area contributed by atoms with Gasteiger partial charge in [-0.25, -0.2) is 0 Å². The van der Waals surface area contributed by atoms with Crippen LogP contribution in [0, 0.1) is 5.92 Å². The number of fused-ring (bicyclic) bond motifs is 1. The Balaban J connectivity index is 1.52. The number of piperazine rings is 1. The molecule has 1 aliphatic heterocycles. The van der Waals surface area contributed by atoms with Crippen LogP contribution in [0.5, 0.6) is 5.75 Å². The van der Waals surface area contributed by atoms with E-state index in [1.54, 1.807) is 13.3 Å². The number of anilines is 2. The summed E-state index contributed by atoms with van der Waals surface area (Å²) >= 11 is 0. The molecule has 33 heavy (non-hydrogen) atoms. The number of aliphatic carboxylic acids is 1. The number of rotatable bonds is 7. The Kier molecular flexibility index (Phi) is 6.55. The van der Waals surface area contributed by atoms with E-state index in [1.807, 2.05) is 61.2 Å². The molecule has 0 aliphatic carbocycles. The fourth-order valence-corrected chi connectivity index (χ4v) is 4.27. The highest BCUT2D eigenvalue weighted by atomic mass is 16.5. The maximum atomic E-state index is 12.3. The maximum Gasteiger partial charge on any atom is 0.325 e. The number of carbonyl (C=O) groups is 2. The fraction of sp³-hybridized carbons (Fsp3) is 0.360. The number of aromatic nitrogens is 1. The number of nitrogens with one attached hydrogen (secondary N) is 2. The predicted octanol–water partition coefficient (Wildman–Crippen LogP) is 3.72. The van der Waals surface area contributed by atoms with Crippen LogP contribution in [-0.2, 0) is 9.59 Å². The van der Waals surface area contributed by atoms with E-state index in [9.17, 15) is 14.7 Å². The van der Waals surface area contributed by atoms with Crippen molar-refractivity contribution in [3.8, 4) is 5.75 Å². The van der Waals surface area contributed by atoms with Gasteiger partial charge in [0.1, 0.15) is 11.8 Å². The number of carbonyl (C=O) groups excluding carboxylic acids is 1. The van der Waals surface area contributed by atoms with Gasteiger partial charge in [-0.3, -0.25) is 14.5 Å². The molecule has 1 amide bonds. The average Bonchev–Trinajstić information content (AvgIpc) is 3.22. The number of carboxylic acids is 1. The quantitative estimate of drug-likeness (QED) is 0.508. The summed E-state index contributed by atoms with van der Waals surface area (Å²) in [6.07, 6.45) is 1.77. The van der Waals surface area contributed by atoms with Gasteiger partial charge in [0.25, 0.3) is 0 Å². The van der Waals surface area contributed by atoms with Crippen molar-refractivity contribution in [3.63, 3.8) is 0 Å². The highest BCUT2D eigenvalue weighted by molar-refractivity contribution is 5.96. The van der Waals surface area contributed by atoms with Gasteiger partial charge in [0.05, 0.1) is 7.11 Å². The van der Waals surface area contributed by atoms with E-state index in [2.05, 4.69) is 15.2 Å². The van der Waals surface area contributed by atoms with Gasteiger partial charge in [0, 0.05) is 72.2 Å². The summed E-state index contributed by atoms with van der Waals surface area (Å²) in [6, 6.07) is 12.7. The number of ether oxygens (including phenoxy) is 1. The predicted molar refractivity (Wildman–Crippen MR) is 129 cm³/mol. The van der Waals surface area contributed by atoms with Gasteiger partial charge < -0.3 is 25.0 Å². The largest absolute Gasteiger partial charge is 0.497 e. The number of hydrogen-bond donors (Lipinski definition) is 3. The van der Waals surface area contributed by atoms with Crippen molar-refractivity contribution >= 4 is 34.2 Å². The van der Waals surface area contributed by atoms with Gasteiger partial charge in [0.2, 0.25) is 5.91 Å². The molecule has 0 saturated carbocycles. The smallest absolute Gasteiger partial charge is 0.325 e. The lowest BCUT2D eigenvalue weighted by Gasteiger charge is -2.38. The zero-order chi connectivity index (χ0) is 23.5. The average molecular weight is 451 g/mol. The van der Waals surface area contributed by atoms with E-state index >= 15 is 0 Å². The molecule has 1 fully saturated rings. The van der Waals surface area contributed by atoms with Gasteiger partial charge in [0.15, 0.2) is 0 Å². The third-order valence-corrected chi connectivity index (χ3v) is 6.13. The van der Waals surface area contributed by atoms with Crippen LogP contribution in [0.3, 0.4) is 0 Å². The molecule has 1 atom stereocenters. The van der Waals surface area contributed by atoms with Gasteiger partial charge in [-0.1, -0.05) is 26.0 Å². The number of nitrogens with zero attached hydrogens (tertiary/aromatic N) is 2. The molecular formula is C25H30N4O4. The number of hydrogen-bond acceptors (Lipinski definition) is 5. The molecule has 4 rings (SSSR count). The molecule has 1 saturated heterocycles. The molecule has 174 valence electrons. The van der Waals surface area contributed by atoms with E-state index in [0.29, 0.717) is 18.8 Å². The van der Waals surface area contributed by atoms with Crippen LogP contribution in [0.25, 0.3) is 10.9 Å². The Hall–Kier alpha value is -3.52. The lowest BCUT2D eigenvalue weighted by Crippen LogP contribution is -2.49. The van der Waals surface area contributed by atoms with Gasteiger partial charge in [-0.2, -0.15) is 0 Å². The van der Waals surface area contributed by atoms with Crippen molar-refractivity contribution in [2.75, 3.05) is 43.5 Å². The van der Waals surface area contributed by atoms with Crippen molar-refractivity contribution in [1.82, 2.24) is 9.88 Å². The van der Waals surface area contributed by atoms with Crippen molar-refractivity contribution in [2.45, 2.75) is 19.9 Å². The second-order valence-corrected chi connectivity index (χ2v) is 8.61. The summed E-state index contributed by atoms with van der Waals surface area (Å²) in [7, 11) is 1.65. The lowest BCUT2D eigenvalue weighted by molar-refractivity contribution is -0.143. The topological polar surface area (TPSA) is 97.9 Å². The molecule has 8 heteroatoms. The third-order valence-electron chi connectivity index (χ3n) is 6.13. The highest BCUT2D eigenvalue weighted by Crippen LogP contribution is 2.32. The standard InChI is InChI=1S/C25H30N4O4/c1-16(2)24(30)27-17-7-8-20-21(15-26-22(20)13-17)23(25(31)32)29-11-9-28(10-12-29)18-5-4-6-19(14-18)33-3/h4-8,13-16,23,26H,9-12H2,1-3H3,(H,27,30)(H,31,32). The van der Waals surface area contributed by atoms with Crippen LogP contribution in [0.2, 0.25) is 0 Å². The van der Waals surface area contributed by atoms with Crippen LogP contribution in [0.15, 0.2) is 48.7 Å². The fourth-order valence-electron chi connectivity index (χ4n) is 4.27. The number of amides is 1. The van der Waals surface area contributed by atoms with E-state index in [4.69, 9.17) is 4.74 Å². The third kappa shape index (κ3) is 4.80. The number of aromatic amines is 1. The molecule has 0 bridgehead atoms. The molecule has 0 spiro atoms. The normalized spacial score (nSPS) is 15.6. The number of methoxy groups -OCH3 is 1. The highest BCUT2D eigenvalue weighted by Gasteiger charge is 2.32. The Morgan fingerprint density at radius 1 is 1.09 bits per heavy atom. The first-order valence-corrected chi connectivity index (χ1v) is 11.1. The van der Waals surface area contributed by atoms with E-state index in [-0.39, 0.29) is 11.8 Å². The van der Waals surface area contributed by atoms with Crippen molar-refractivity contribution in [2.24, 2.45) is 5.92 Å². The molecule has 0 radical (unpaired) electrons. The minimum Gasteiger partial charge on any atom is -0.497 e. The zero-order valence-electron chi connectivity index (χ0n) is 19.2. The number of H-pyrrole nitrogens is 1. The molecule has 8 nitrogen and oxygen atoms in total. The van der Waals surface area contributed by atoms with Crippen LogP contribution >= 0.6 is 0 Å². The number of benzene rings is 2. The Bertz CT molecular complexity index is 1150. The van der Waals surface area contributed by atoms with E-state index < -0.39 is 12.0 Å². The summed E-state index contributed by atoms with van der Waals surface area (Å²) in [4.78, 5) is 31.8. The second-order valence-electron chi connectivity index (χ2n) is 8.61. The monoisotopic (exact) mass is 450 g/mol. The minimum atomic E-state index is -0.872. The SMILES string of the molecule is COc1cccc(N2CCN(C(C(=O)O)c3c[nH]c4cc(NC(=O)C(C)C)ccc34)CC2)c1. The minimum absolute atomic E-state index is 0.0570. The first-order valence-electron chi connectivity index (χ1n) is 11.1. The molecule has 3 aromatic rings. The second kappa shape index (κ2) is 9.54. The van der Waals surface area contributed by atoms with E-state index in [0.717, 1.165) is 41.0 Å². The molecule has 1 aliphatic rings. The van der Waals surface area contributed by atoms with Crippen LogP contribution < -0.4 is 15.0 Å². The van der Waals surface area contributed by atoms with Crippen molar-refractivity contribution < 1.29 is 19.4 Å². The van der Waals surface area contributed by atoms with Crippen molar-refractivity contribution in [1.29, 1.82) is 0 Å². The Labute approximate surface area is 193 Å². The number of carboxylic acid groups (broad SMARTS) is 1. The zero-order valence-corrected chi connectivity index (χ0v) is 19.2. The lowest BCUT2D eigenvalue weighted by atomic mass is 10.0. The van der Waals surface area contributed by atoms with Gasteiger partial charge >= 0.3 is 5.97 Å². The summed E-state index contributed by atoms with van der Waals surface area (Å²) in [5.74, 6) is -0.241. The molecule has 1 unspecified atom stereocenters. The summed E-state index contributed by atoms with van der Waals surface area (Å²) < 4.78 is 5.33. The Morgan fingerprint density at radius 2 is 1.85 bits per heavy atom. The summed E-state index contributed by atoms with van der Waals surface area (Å²) in [5, 5.41) is 13.8. The summed E-state index contributed by atoms with van der Waals surface area (Å²) in [5.41, 5.74) is 3.29. The van der Waals surface area contributed by atoms with Crippen molar-refractivity contribution in [3.05, 3.63) is 54.2 Å². The summed E-state index contributed by atoms with van der Waals surface area (Å²) in [6.45, 7) is 6.39. The van der Waals surface area contributed by atoms with Crippen LogP contribution in [0.1, 0.15) is 25.5 Å². The van der Waals surface area contributed by atoms with Crippen LogP contribution in [-0.4, -0.2) is 60.2 Å². The molecular weight excluding hydrogens is 420 g/mol. The molecule has 3 N–H and O–H groups in total.